The molecule has 434 valence electrons. The third-order valence-electron chi connectivity index (χ3n) is 13.0. The second-order valence-corrected chi connectivity index (χ2v) is 21.9. The maximum Gasteiger partial charge on any atom is 0.326 e. The number of benzene rings is 2. The lowest BCUT2D eigenvalue weighted by molar-refractivity contribution is -0.147. The summed E-state index contributed by atoms with van der Waals surface area (Å²) in [7, 11) is 0. The molecule has 6 atom stereocenters. The molecule has 79 heavy (non-hydrogen) atoms. The molecule has 0 fully saturated rings. The number of carbonyl (C=O) groups excluding carboxylic acids is 7. The van der Waals surface area contributed by atoms with Crippen LogP contribution < -0.4 is 37.6 Å². The Morgan fingerprint density at radius 2 is 1.39 bits per heavy atom. The number of halogens is 2. The molecule has 1 heterocycles. The van der Waals surface area contributed by atoms with E-state index in [1.165, 1.54) is 13.8 Å². The van der Waals surface area contributed by atoms with Crippen LogP contribution in [0.2, 0.25) is 0 Å². The number of nitrogens with two attached hydrogens (primary N) is 1. The zero-order valence-corrected chi connectivity index (χ0v) is 46.6. The van der Waals surface area contributed by atoms with E-state index in [1.807, 2.05) is 69.5 Å². The fourth-order valence-corrected chi connectivity index (χ4v) is 9.16. The molecular formula is C54H75F2N9O13S. The van der Waals surface area contributed by atoms with Crippen LogP contribution in [-0.2, 0) is 54.5 Å². The molecule has 2 unspecified atom stereocenters. The Balaban J connectivity index is 1.85. The SMILES string of the molecule is CC(C)C(C)(CCC(=O)O)NCC(=O)N[C@@H](C)C(=O)N[C@H](C)C(=O)N[C@@H](CC(N)=O)C(=O)NCCCN(C(=O)CSCCC(=O)NC(CC(=O)O)C(=O)O)[C@@H](c1cc(-c2cc(F)ccc2F)cn1Cc1ccccc1)C(C)(C)C. The molecule has 0 aliphatic carbocycles. The molecule has 3 rings (SSSR count). The molecule has 0 saturated carbocycles. The number of hydrogen-bond donors (Lipinski definition) is 10. The van der Waals surface area contributed by atoms with Gasteiger partial charge in [-0.05, 0) is 74.8 Å². The molecule has 2 aromatic carbocycles. The summed E-state index contributed by atoms with van der Waals surface area (Å²) in [6, 6.07) is 7.61. The second-order valence-electron chi connectivity index (χ2n) is 20.8. The average molecular weight is 1130 g/mol. The van der Waals surface area contributed by atoms with E-state index in [4.69, 9.17) is 15.9 Å². The maximum absolute atomic E-state index is 15.4. The first-order valence-corrected chi connectivity index (χ1v) is 26.8. The number of aliphatic carboxylic acids is 3. The van der Waals surface area contributed by atoms with E-state index in [2.05, 4.69) is 31.9 Å². The van der Waals surface area contributed by atoms with Crippen molar-refractivity contribution in [1.29, 1.82) is 0 Å². The first-order chi connectivity index (χ1) is 36.9. The molecule has 0 saturated heterocycles. The summed E-state index contributed by atoms with van der Waals surface area (Å²) in [6.45, 7) is 13.7. The van der Waals surface area contributed by atoms with Gasteiger partial charge >= 0.3 is 17.9 Å². The number of hydrogen-bond acceptors (Lipinski definition) is 12. The zero-order valence-electron chi connectivity index (χ0n) is 45.8. The first-order valence-electron chi connectivity index (χ1n) is 25.7. The Bertz CT molecular complexity index is 2650. The Morgan fingerprint density at radius 1 is 0.747 bits per heavy atom. The highest BCUT2D eigenvalue weighted by atomic mass is 32.2. The predicted octanol–water partition coefficient (Wildman–Crippen LogP) is 3.31. The number of rotatable bonds is 33. The minimum atomic E-state index is -1.67. The molecule has 0 aliphatic rings. The van der Waals surface area contributed by atoms with Crippen LogP contribution in [-0.4, -0.2) is 145 Å². The molecule has 25 heteroatoms. The summed E-state index contributed by atoms with van der Waals surface area (Å²) >= 11 is 1.05. The van der Waals surface area contributed by atoms with Gasteiger partial charge in [-0.1, -0.05) is 65.0 Å². The number of primary amides is 1. The first kappa shape index (κ1) is 65.9. The fraction of sp³-hybridized carbons (Fsp3) is 0.519. The lowest BCUT2D eigenvalue weighted by atomic mass is 9.83. The summed E-state index contributed by atoms with van der Waals surface area (Å²) in [5, 5.41) is 42.9. The fourth-order valence-electron chi connectivity index (χ4n) is 8.34. The molecule has 0 aliphatic heterocycles. The number of nitrogens with zero attached hydrogens (tertiary/aromatic N) is 2. The minimum absolute atomic E-state index is 0.0218. The summed E-state index contributed by atoms with van der Waals surface area (Å²) in [4.78, 5) is 128. The molecule has 1 aromatic heterocycles. The molecule has 7 amide bonds. The van der Waals surface area contributed by atoms with Gasteiger partial charge in [0.25, 0.3) is 0 Å². The van der Waals surface area contributed by atoms with Crippen LogP contribution >= 0.6 is 11.8 Å². The number of nitrogens with one attached hydrogen (secondary N) is 6. The summed E-state index contributed by atoms with van der Waals surface area (Å²) in [5.74, 6) is -10.7. The molecule has 11 N–H and O–H groups in total. The number of carboxylic acids is 3. The van der Waals surface area contributed by atoms with E-state index in [0.29, 0.717) is 11.3 Å². The van der Waals surface area contributed by atoms with E-state index < -0.39 is 125 Å². The highest BCUT2D eigenvalue weighted by Gasteiger charge is 2.38. The standard InChI is InChI=1S/C54H75F2N9O13S/c1-31(2)54(8,19-17-46(70)71)59-27-44(68)60-32(3)49(74)61-33(4)50(75)63-39(25-42(57)66)51(76)58-20-12-21-65(45(69)30-79-22-18-43(67)62-40(52(77)78)26-47(72)73)48(53(5,6)7)41-23-35(37-24-36(55)15-16-38(37)56)29-64(41)28-34-13-10-9-11-14-34/h9-11,13-16,23-24,29,31-33,39-40,48,59H,12,17-22,25-28,30H2,1-8H3,(H2,57,66)(H,58,76)(H,60,68)(H,61,74)(H,62,67)(H,63,75)(H,70,71)(H,72,73)(H,77,78)/t32-,33+,39-,40?,48-,54?/m0/s1. The van der Waals surface area contributed by atoms with E-state index in [0.717, 1.165) is 35.5 Å². The third-order valence-corrected chi connectivity index (χ3v) is 14.0. The highest BCUT2D eigenvalue weighted by molar-refractivity contribution is 7.99. The van der Waals surface area contributed by atoms with Crippen molar-refractivity contribution in [3.8, 4) is 11.1 Å². The van der Waals surface area contributed by atoms with Crippen LogP contribution in [0.15, 0.2) is 60.8 Å². The number of carboxylic acid groups (broad SMARTS) is 3. The van der Waals surface area contributed by atoms with Crippen molar-refractivity contribution in [3.05, 3.63) is 83.7 Å². The van der Waals surface area contributed by atoms with Crippen LogP contribution in [0.4, 0.5) is 8.78 Å². The minimum Gasteiger partial charge on any atom is -0.481 e. The van der Waals surface area contributed by atoms with E-state index in [1.54, 1.807) is 24.1 Å². The van der Waals surface area contributed by atoms with Crippen LogP contribution in [0.1, 0.15) is 111 Å². The number of carbonyl (C=O) groups is 10. The van der Waals surface area contributed by atoms with Crippen LogP contribution in [0, 0.1) is 23.0 Å². The third kappa shape index (κ3) is 21.7. The maximum atomic E-state index is 15.4. The monoisotopic (exact) mass is 1130 g/mol. The van der Waals surface area contributed by atoms with Gasteiger partial charge in [-0.25, -0.2) is 13.6 Å². The van der Waals surface area contributed by atoms with Gasteiger partial charge in [0.2, 0.25) is 41.4 Å². The van der Waals surface area contributed by atoms with E-state index >= 15 is 4.39 Å². The van der Waals surface area contributed by atoms with Gasteiger partial charge in [0.15, 0.2) is 0 Å². The lowest BCUT2D eigenvalue weighted by Crippen LogP contribution is -2.57. The van der Waals surface area contributed by atoms with Crippen molar-refractivity contribution in [1.82, 2.24) is 41.4 Å². The molecule has 22 nitrogen and oxygen atoms in total. The zero-order chi connectivity index (χ0) is 59.4. The largest absolute Gasteiger partial charge is 0.481 e. The highest BCUT2D eigenvalue weighted by Crippen LogP contribution is 2.41. The van der Waals surface area contributed by atoms with Crippen molar-refractivity contribution >= 4 is 71.0 Å². The smallest absolute Gasteiger partial charge is 0.326 e. The predicted molar refractivity (Wildman–Crippen MR) is 290 cm³/mol. The van der Waals surface area contributed by atoms with Crippen molar-refractivity contribution in [2.24, 2.45) is 17.1 Å². The molecule has 0 spiro atoms. The van der Waals surface area contributed by atoms with Crippen molar-refractivity contribution in [2.45, 2.75) is 136 Å². The molecule has 0 radical (unpaired) electrons. The summed E-state index contributed by atoms with van der Waals surface area (Å²) in [5.41, 5.74) is 5.66. The normalized spacial score (nSPS) is 14.1. The van der Waals surface area contributed by atoms with E-state index in [-0.39, 0.29) is 74.8 Å². The van der Waals surface area contributed by atoms with Crippen molar-refractivity contribution < 1.29 is 72.0 Å². The van der Waals surface area contributed by atoms with Gasteiger partial charge in [0.1, 0.15) is 35.8 Å². The van der Waals surface area contributed by atoms with Crippen molar-refractivity contribution in [3.63, 3.8) is 0 Å². The quantitative estimate of drug-likeness (QED) is 0.0391. The number of thioether (sulfide) groups is 1. The summed E-state index contributed by atoms with van der Waals surface area (Å²) < 4.78 is 31.9. The van der Waals surface area contributed by atoms with Crippen LogP contribution in [0.25, 0.3) is 11.1 Å². The molecule has 3 aromatic rings. The average Bonchev–Trinajstić information content (AvgIpc) is 4.02. The van der Waals surface area contributed by atoms with Crippen LogP contribution in [0.3, 0.4) is 0 Å². The van der Waals surface area contributed by atoms with Crippen LogP contribution in [0.5, 0.6) is 0 Å². The van der Waals surface area contributed by atoms with Gasteiger partial charge in [-0.2, -0.15) is 11.8 Å². The van der Waals surface area contributed by atoms with E-state index in [9.17, 15) is 57.4 Å². The van der Waals surface area contributed by atoms with Gasteiger partial charge in [0, 0.05) is 66.8 Å². The Kier molecular flexibility index (Phi) is 25.6. The lowest BCUT2D eigenvalue weighted by Gasteiger charge is -2.41. The number of amides is 7. The molecular weight excluding hydrogens is 1050 g/mol. The Labute approximate surface area is 462 Å². The van der Waals surface area contributed by atoms with Gasteiger partial charge in [-0.15, -0.1) is 0 Å². The van der Waals surface area contributed by atoms with Gasteiger partial charge < -0.3 is 62.4 Å². The summed E-state index contributed by atoms with van der Waals surface area (Å²) in [6.07, 6.45) is 0.101. The topological polar surface area (TPSA) is 338 Å². The van der Waals surface area contributed by atoms with Gasteiger partial charge in [0.05, 0.1) is 31.2 Å². The second kappa shape index (κ2) is 30.7. The van der Waals surface area contributed by atoms with Gasteiger partial charge in [-0.3, -0.25) is 43.2 Å². The Hall–Kier alpha value is -7.41. The Morgan fingerprint density at radius 3 is 1.99 bits per heavy atom. The number of aromatic nitrogens is 1. The molecule has 0 bridgehead atoms. The van der Waals surface area contributed by atoms with Crippen molar-refractivity contribution in [2.75, 3.05) is 31.1 Å².